The lowest BCUT2D eigenvalue weighted by atomic mass is 10.2. The van der Waals surface area contributed by atoms with Crippen molar-refractivity contribution in [2.45, 2.75) is 19.4 Å². The number of primary amides is 1. The van der Waals surface area contributed by atoms with Crippen molar-refractivity contribution in [3.05, 3.63) is 0 Å². The van der Waals surface area contributed by atoms with Crippen molar-refractivity contribution in [1.29, 1.82) is 0 Å². The van der Waals surface area contributed by atoms with Gasteiger partial charge in [-0.2, -0.15) is 0 Å². The Kier molecular flexibility index (Phi) is 5.80. The number of thiocarbonyl (C=S) groups is 1. The number of carbonyl (C=O) groups is 2. The Morgan fingerprint density at radius 2 is 2.00 bits per heavy atom. The van der Waals surface area contributed by atoms with Crippen LogP contribution in [0, 0.1) is 0 Å². The molecule has 6 nitrogen and oxygen atoms in total. The number of nitrogens with zero attached hydrogens (tertiary/aromatic N) is 1. The molecule has 3 amide bonds. The average Bonchev–Trinajstić information content (AvgIpc) is 2.11. The Bertz CT molecular complexity index is 269. The second kappa shape index (κ2) is 6.31. The van der Waals surface area contributed by atoms with Gasteiger partial charge in [0.15, 0.2) is 0 Å². The minimum Gasteiger partial charge on any atom is -0.393 e. The second-order valence-electron chi connectivity index (χ2n) is 3.23. The molecule has 0 aliphatic rings. The molecule has 7 heteroatoms. The van der Waals surface area contributed by atoms with Gasteiger partial charge in [0.1, 0.15) is 0 Å². The zero-order valence-corrected chi connectivity index (χ0v) is 9.63. The molecule has 0 aliphatic carbocycles. The van der Waals surface area contributed by atoms with E-state index in [9.17, 15) is 9.59 Å². The van der Waals surface area contributed by atoms with Gasteiger partial charge in [-0.3, -0.25) is 15.0 Å². The van der Waals surface area contributed by atoms with Crippen molar-refractivity contribution in [2.24, 2.45) is 11.5 Å². The van der Waals surface area contributed by atoms with Crippen molar-refractivity contribution in [3.8, 4) is 0 Å². The molecule has 15 heavy (non-hydrogen) atoms. The highest BCUT2D eigenvalue weighted by Crippen LogP contribution is 1.97. The van der Waals surface area contributed by atoms with Crippen molar-refractivity contribution in [2.75, 3.05) is 13.6 Å². The minimum atomic E-state index is -0.852. The Morgan fingerprint density at radius 1 is 1.47 bits per heavy atom. The molecule has 86 valence electrons. The molecule has 0 heterocycles. The van der Waals surface area contributed by atoms with Gasteiger partial charge in [-0.25, -0.2) is 4.79 Å². The fraction of sp³-hybridized carbons (Fsp3) is 0.625. The molecule has 0 saturated carbocycles. The molecule has 1 atom stereocenters. The van der Waals surface area contributed by atoms with Gasteiger partial charge in [0.05, 0.1) is 11.0 Å². The van der Waals surface area contributed by atoms with E-state index in [0.29, 0.717) is 18.0 Å². The van der Waals surface area contributed by atoms with Crippen LogP contribution in [0.5, 0.6) is 0 Å². The van der Waals surface area contributed by atoms with E-state index in [1.165, 1.54) is 0 Å². The minimum absolute atomic E-state index is 0.393. The van der Waals surface area contributed by atoms with Gasteiger partial charge in [0.2, 0.25) is 5.91 Å². The first-order valence-corrected chi connectivity index (χ1v) is 4.84. The zero-order chi connectivity index (χ0) is 12.0. The highest BCUT2D eigenvalue weighted by Gasteiger charge is 2.18. The van der Waals surface area contributed by atoms with E-state index < -0.39 is 18.0 Å². The van der Waals surface area contributed by atoms with Crippen molar-refractivity contribution < 1.29 is 9.59 Å². The summed E-state index contributed by atoms with van der Waals surface area (Å²) in [6, 6.07) is -1.30. The molecule has 0 radical (unpaired) electrons. The summed E-state index contributed by atoms with van der Waals surface area (Å²) < 4.78 is 0. The van der Waals surface area contributed by atoms with Gasteiger partial charge in [-0.15, -0.1) is 0 Å². The third kappa shape index (κ3) is 5.97. The molecule has 0 aromatic carbocycles. The standard InChI is InChI=1S/C8H16N4O2S/c1-5(7(13)11-8(10)14)12(2)4-3-6(9)15/h5H,3-4H2,1-2H3,(H2,9,15)(H3,10,11,13,14). The normalized spacial score (nSPS) is 12.2. The van der Waals surface area contributed by atoms with Gasteiger partial charge in [0, 0.05) is 13.0 Å². The fourth-order valence-electron chi connectivity index (χ4n) is 0.906. The third-order valence-electron chi connectivity index (χ3n) is 2.00. The molecule has 0 aromatic rings. The Labute approximate surface area is 94.0 Å². The number of nitrogens with two attached hydrogens (primary N) is 2. The molecule has 0 bridgehead atoms. The highest BCUT2D eigenvalue weighted by molar-refractivity contribution is 7.80. The van der Waals surface area contributed by atoms with Crippen LogP contribution in [0.4, 0.5) is 4.79 Å². The van der Waals surface area contributed by atoms with Crippen molar-refractivity contribution in [1.82, 2.24) is 10.2 Å². The van der Waals surface area contributed by atoms with Gasteiger partial charge in [-0.05, 0) is 14.0 Å². The SMILES string of the molecule is CC(C(=O)NC(N)=O)N(C)CCC(N)=S. The Morgan fingerprint density at radius 3 is 2.40 bits per heavy atom. The van der Waals surface area contributed by atoms with E-state index in [1.807, 2.05) is 5.32 Å². The van der Waals surface area contributed by atoms with Crippen LogP contribution < -0.4 is 16.8 Å². The number of urea groups is 1. The molecule has 0 fully saturated rings. The van der Waals surface area contributed by atoms with Gasteiger partial charge in [-0.1, -0.05) is 12.2 Å². The first-order chi connectivity index (χ1) is 6.84. The highest BCUT2D eigenvalue weighted by atomic mass is 32.1. The molecule has 0 rings (SSSR count). The van der Waals surface area contributed by atoms with E-state index in [2.05, 4.69) is 0 Å². The third-order valence-corrected chi connectivity index (χ3v) is 2.20. The van der Waals surface area contributed by atoms with Crippen LogP contribution in [-0.4, -0.2) is 41.5 Å². The maximum absolute atomic E-state index is 11.3. The topological polar surface area (TPSA) is 101 Å². The summed E-state index contributed by atoms with van der Waals surface area (Å²) in [5.41, 5.74) is 10.2. The van der Waals surface area contributed by atoms with Gasteiger partial charge < -0.3 is 11.5 Å². The van der Waals surface area contributed by atoms with Crippen LogP contribution in [-0.2, 0) is 4.79 Å². The van der Waals surface area contributed by atoms with Crippen molar-refractivity contribution >= 4 is 29.1 Å². The number of likely N-dealkylation sites (N-methyl/N-ethyl adjacent to an activating group) is 1. The van der Waals surface area contributed by atoms with E-state index in [1.54, 1.807) is 18.9 Å². The summed E-state index contributed by atoms with van der Waals surface area (Å²) >= 11 is 4.71. The predicted molar refractivity (Wildman–Crippen MR) is 61.2 cm³/mol. The summed E-state index contributed by atoms with van der Waals surface area (Å²) in [6.07, 6.45) is 0.528. The monoisotopic (exact) mass is 232 g/mol. The molecule has 1 unspecified atom stereocenters. The summed E-state index contributed by atoms with van der Waals surface area (Å²) in [5.74, 6) is -0.437. The molecule has 0 spiro atoms. The van der Waals surface area contributed by atoms with E-state index in [4.69, 9.17) is 23.7 Å². The van der Waals surface area contributed by atoms with E-state index in [0.717, 1.165) is 0 Å². The number of rotatable bonds is 5. The number of carbonyl (C=O) groups excluding carboxylic acids is 2. The molecular formula is C8H16N4O2S. The number of amides is 3. The maximum atomic E-state index is 11.3. The Balaban J connectivity index is 4.06. The van der Waals surface area contributed by atoms with Gasteiger partial charge >= 0.3 is 6.03 Å². The number of imide groups is 1. The summed E-state index contributed by atoms with van der Waals surface area (Å²) in [7, 11) is 1.74. The first-order valence-electron chi connectivity index (χ1n) is 4.43. The lowest BCUT2D eigenvalue weighted by Gasteiger charge is -2.22. The molecule has 0 saturated heterocycles. The van der Waals surface area contributed by atoms with E-state index >= 15 is 0 Å². The summed E-state index contributed by atoms with van der Waals surface area (Å²) in [5, 5.41) is 2.01. The lowest BCUT2D eigenvalue weighted by Crippen LogP contribution is -2.47. The summed E-state index contributed by atoms with van der Waals surface area (Å²) in [6.45, 7) is 2.22. The molecular weight excluding hydrogens is 216 g/mol. The van der Waals surface area contributed by atoms with Crippen molar-refractivity contribution in [3.63, 3.8) is 0 Å². The van der Waals surface area contributed by atoms with Gasteiger partial charge in [0.25, 0.3) is 0 Å². The van der Waals surface area contributed by atoms with Crippen LogP contribution in [0.1, 0.15) is 13.3 Å². The average molecular weight is 232 g/mol. The van der Waals surface area contributed by atoms with Crippen LogP contribution in [0.25, 0.3) is 0 Å². The van der Waals surface area contributed by atoms with Crippen LogP contribution in [0.2, 0.25) is 0 Å². The maximum Gasteiger partial charge on any atom is 0.318 e. The smallest absolute Gasteiger partial charge is 0.318 e. The fourth-order valence-corrected chi connectivity index (χ4v) is 0.998. The number of hydrogen-bond donors (Lipinski definition) is 3. The number of hydrogen-bond acceptors (Lipinski definition) is 4. The van der Waals surface area contributed by atoms with Crippen LogP contribution in [0.15, 0.2) is 0 Å². The van der Waals surface area contributed by atoms with Crippen LogP contribution in [0.3, 0.4) is 0 Å². The second-order valence-corrected chi connectivity index (χ2v) is 3.75. The quantitative estimate of drug-likeness (QED) is 0.537. The molecule has 5 N–H and O–H groups in total. The lowest BCUT2D eigenvalue weighted by molar-refractivity contribution is -0.124. The first kappa shape index (κ1) is 13.8. The number of nitrogens with one attached hydrogen (secondary N) is 1. The van der Waals surface area contributed by atoms with E-state index in [-0.39, 0.29) is 0 Å². The Hall–Kier alpha value is -1.21. The van der Waals surface area contributed by atoms with Crippen LogP contribution >= 0.6 is 12.2 Å². The predicted octanol–water partition coefficient (Wildman–Crippen LogP) is -0.822. The summed E-state index contributed by atoms with van der Waals surface area (Å²) in [4.78, 5) is 23.9. The largest absolute Gasteiger partial charge is 0.393 e. The zero-order valence-electron chi connectivity index (χ0n) is 8.82. The molecule has 0 aliphatic heterocycles. The molecule has 0 aromatic heterocycles.